The molecule has 0 saturated carbocycles. The fourth-order valence-electron chi connectivity index (χ4n) is 1.40. The number of rotatable bonds is 4. The maximum absolute atomic E-state index is 11.2. The smallest absolute Gasteiger partial charge is 0.339 e. The van der Waals surface area contributed by atoms with Crippen LogP contribution < -0.4 is 10.1 Å². The maximum Gasteiger partial charge on any atom is 0.339 e. The number of hydrogen-bond donors (Lipinski definition) is 3. The zero-order valence-corrected chi connectivity index (χ0v) is 10.8. The van der Waals surface area contributed by atoms with E-state index < -0.39 is 32.5 Å². The number of ether oxygens (including phenoxy) is 1. The second-order valence-electron chi connectivity index (χ2n) is 3.51. The van der Waals surface area contributed by atoms with Crippen molar-refractivity contribution in [2.45, 2.75) is 11.8 Å². The first-order valence-corrected chi connectivity index (χ1v) is 6.31. The van der Waals surface area contributed by atoms with E-state index in [9.17, 15) is 18.0 Å². The molecule has 19 heavy (non-hydrogen) atoms. The normalized spacial score (nSPS) is 10.9. The van der Waals surface area contributed by atoms with Gasteiger partial charge in [0.25, 0.3) is 10.1 Å². The van der Waals surface area contributed by atoms with Crippen LogP contribution in [0.3, 0.4) is 0 Å². The van der Waals surface area contributed by atoms with Crippen molar-refractivity contribution in [2.24, 2.45) is 0 Å². The second kappa shape index (κ2) is 5.24. The summed E-state index contributed by atoms with van der Waals surface area (Å²) in [6.07, 6.45) is 0. The Morgan fingerprint density at radius 1 is 1.32 bits per heavy atom. The molecule has 0 spiro atoms. The predicted molar refractivity (Wildman–Crippen MR) is 64.1 cm³/mol. The van der Waals surface area contributed by atoms with Gasteiger partial charge in [0.15, 0.2) is 0 Å². The number of carbonyl (C=O) groups is 2. The van der Waals surface area contributed by atoms with Gasteiger partial charge >= 0.3 is 5.97 Å². The van der Waals surface area contributed by atoms with Crippen LogP contribution >= 0.6 is 0 Å². The molecule has 1 rings (SSSR count). The van der Waals surface area contributed by atoms with Crippen LogP contribution in [0.1, 0.15) is 17.3 Å². The first kappa shape index (κ1) is 14.9. The van der Waals surface area contributed by atoms with Crippen LogP contribution in [-0.4, -0.2) is 37.1 Å². The van der Waals surface area contributed by atoms with Crippen LogP contribution in [0.15, 0.2) is 17.0 Å². The van der Waals surface area contributed by atoms with Crippen LogP contribution in [0.25, 0.3) is 0 Å². The van der Waals surface area contributed by atoms with E-state index in [1.165, 1.54) is 7.11 Å². The molecular weight excluding hydrogens is 278 g/mol. The minimum absolute atomic E-state index is 0.149. The van der Waals surface area contributed by atoms with Crippen molar-refractivity contribution in [1.29, 1.82) is 0 Å². The summed E-state index contributed by atoms with van der Waals surface area (Å²) in [6.45, 7) is 1.13. The molecule has 0 aromatic heterocycles. The lowest BCUT2D eigenvalue weighted by atomic mass is 10.1. The summed E-state index contributed by atoms with van der Waals surface area (Å²) < 4.78 is 36.2. The molecule has 0 bridgehead atoms. The molecule has 104 valence electrons. The third-order valence-electron chi connectivity index (χ3n) is 2.12. The van der Waals surface area contributed by atoms with Crippen LogP contribution in [0.5, 0.6) is 5.75 Å². The molecule has 0 fully saturated rings. The average molecular weight is 289 g/mol. The Balaban J connectivity index is 3.62. The summed E-state index contributed by atoms with van der Waals surface area (Å²) in [5, 5.41) is 11.1. The Kier molecular flexibility index (Phi) is 4.12. The van der Waals surface area contributed by atoms with Gasteiger partial charge in [-0.25, -0.2) is 4.79 Å². The van der Waals surface area contributed by atoms with Gasteiger partial charge in [0.05, 0.1) is 12.8 Å². The Hall–Kier alpha value is -2.13. The molecule has 0 aliphatic rings. The van der Waals surface area contributed by atoms with E-state index in [-0.39, 0.29) is 11.4 Å². The third kappa shape index (κ3) is 3.42. The Bertz CT molecular complexity index is 636. The molecule has 0 atom stereocenters. The first-order chi connectivity index (χ1) is 8.66. The lowest BCUT2D eigenvalue weighted by Crippen LogP contribution is -2.13. The van der Waals surface area contributed by atoms with Gasteiger partial charge in [-0.2, -0.15) is 8.42 Å². The Morgan fingerprint density at radius 2 is 1.89 bits per heavy atom. The average Bonchev–Trinajstić information content (AvgIpc) is 2.25. The SMILES string of the molecule is COc1cc(NC(C)=O)c(S(=O)(=O)O)cc1C(=O)O. The van der Waals surface area contributed by atoms with Gasteiger partial charge < -0.3 is 15.2 Å². The van der Waals surface area contributed by atoms with Crippen LogP contribution in [-0.2, 0) is 14.9 Å². The van der Waals surface area contributed by atoms with Crippen LogP contribution in [0, 0.1) is 0 Å². The minimum Gasteiger partial charge on any atom is -0.496 e. The van der Waals surface area contributed by atoms with Crippen molar-refractivity contribution in [1.82, 2.24) is 0 Å². The Morgan fingerprint density at radius 3 is 2.26 bits per heavy atom. The number of aromatic carboxylic acids is 1. The number of carbonyl (C=O) groups excluding carboxylic acids is 1. The number of anilines is 1. The molecular formula is C10H11NO7S. The second-order valence-corrected chi connectivity index (χ2v) is 4.90. The summed E-state index contributed by atoms with van der Waals surface area (Å²) in [6, 6.07) is 1.72. The molecule has 1 amide bonds. The van der Waals surface area contributed by atoms with E-state index in [4.69, 9.17) is 14.4 Å². The fourth-order valence-corrected chi connectivity index (χ4v) is 2.05. The van der Waals surface area contributed by atoms with Crippen molar-refractivity contribution in [3.05, 3.63) is 17.7 Å². The molecule has 0 aliphatic carbocycles. The van der Waals surface area contributed by atoms with E-state index in [1.807, 2.05) is 0 Å². The zero-order valence-electron chi connectivity index (χ0n) is 10.00. The number of benzene rings is 1. The number of carboxylic acid groups (broad SMARTS) is 1. The summed E-state index contributed by atoms with van der Waals surface area (Å²) in [5.41, 5.74) is -0.721. The van der Waals surface area contributed by atoms with Gasteiger partial charge in [-0.1, -0.05) is 0 Å². The van der Waals surface area contributed by atoms with Crippen molar-refractivity contribution in [2.75, 3.05) is 12.4 Å². The summed E-state index contributed by atoms with van der Waals surface area (Å²) in [7, 11) is -3.51. The minimum atomic E-state index is -4.69. The maximum atomic E-state index is 11.2. The van der Waals surface area contributed by atoms with Crippen molar-refractivity contribution < 1.29 is 32.4 Å². The highest BCUT2D eigenvalue weighted by molar-refractivity contribution is 7.86. The standard InChI is InChI=1S/C10H11NO7S/c1-5(12)11-7-4-8(18-2)6(10(13)14)3-9(7)19(15,16)17/h3-4H,1-2H3,(H,11,12)(H,13,14)(H,15,16,17). The van der Waals surface area contributed by atoms with Gasteiger partial charge in [-0.05, 0) is 6.07 Å². The van der Waals surface area contributed by atoms with Crippen molar-refractivity contribution in [3.63, 3.8) is 0 Å². The van der Waals surface area contributed by atoms with Gasteiger partial charge in [-0.15, -0.1) is 0 Å². The highest BCUT2D eigenvalue weighted by atomic mass is 32.2. The number of amides is 1. The van der Waals surface area contributed by atoms with Crippen molar-refractivity contribution in [3.8, 4) is 5.75 Å². The third-order valence-corrected chi connectivity index (χ3v) is 3.01. The molecule has 3 N–H and O–H groups in total. The summed E-state index contributed by atoms with van der Waals surface area (Å²) >= 11 is 0. The van der Waals surface area contributed by atoms with Gasteiger partial charge in [0, 0.05) is 13.0 Å². The Labute approximate surface area is 108 Å². The first-order valence-electron chi connectivity index (χ1n) is 4.87. The molecule has 9 heteroatoms. The number of methoxy groups -OCH3 is 1. The summed E-state index contributed by atoms with van der Waals surface area (Å²) in [4.78, 5) is 21.2. The molecule has 0 saturated heterocycles. The number of carboxylic acids is 1. The van der Waals surface area contributed by atoms with Gasteiger partial charge in [0.1, 0.15) is 16.2 Å². The topological polar surface area (TPSA) is 130 Å². The molecule has 0 radical (unpaired) electrons. The lowest BCUT2D eigenvalue weighted by Gasteiger charge is -2.12. The fraction of sp³-hybridized carbons (Fsp3) is 0.200. The highest BCUT2D eigenvalue weighted by Crippen LogP contribution is 2.30. The molecule has 1 aromatic rings. The van der Waals surface area contributed by atoms with E-state index in [0.717, 1.165) is 13.0 Å². The van der Waals surface area contributed by atoms with E-state index in [0.29, 0.717) is 6.07 Å². The van der Waals surface area contributed by atoms with Crippen LogP contribution in [0.4, 0.5) is 5.69 Å². The van der Waals surface area contributed by atoms with Gasteiger partial charge in [0.2, 0.25) is 5.91 Å². The monoisotopic (exact) mass is 289 g/mol. The summed E-state index contributed by atoms with van der Waals surface area (Å²) in [5.74, 6) is -2.17. The molecule has 0 unspecified atom stereocenters. The molecule has 0 heterocycles. The quantitative estimate of drug-likeness (QED) is 0.692. The molecule has 1 aromatic carbocycles. The van der Waals surface area contributed by atoms with E-state index >= 15 is 0 Å². The van der Waals surface area contributed by atoms with E-state index in [2.05, 4.69) is 5.32 Å². The lowest BCUT2D eigenvalue weighted by molar-refractivity contribution is -0.114. The van der Waals surface area contributed by atoms with Crippen LogP contribution in [0.2, 0.25) is 0 Å². The van der Waals surface area contributed by atoms with E-state index in [1.54, 1.807) is 0 Å². The largest absolute Gasteiger partial charge is 0.496 e. The number of hydrogen-bond acceptors (Lipinski definition) is 5. The van der Waals surface area contributed by atoms with Crippen molar-refractivity contribution >= 4 is 27.7 Å². The molecule has 8 nitrogen and oxygen atoms in total. The zero-order chi connectivity index (χ0) is 14.8. The molecule has 0 aliphatic heterocycles. The number of nitrogens with one attached hydrogen (secondary N) is 1. The predicted octanol–water partition coefficient (Wildman–Crippen LogP) is 0.599. The van der Waals surface area contributed by atoms with Gasteiger partial charge in [-0.3, -0.25) is 9.35 Å². The highest BCUT2D eigenvalue weighted by Gasteiger charge is 2.23.